The highest BCUT2D eigenvalue weighted by Crippen LogP contribution is 2.30. The Hall–Kier alpha value is -2.07. The molecule has 3 rings (SSSR count). The third kappa shape index (κ3) is 2.85. The Morgan fingerprint density at radius 2 is 2.14 bits per heavy atom. The van der Waals surface area contributed by atoms with Crippen LogP contribution in [0.1, 0.15) is 30.0 Å². The van der Waals surface area contributed by atoms with E-state index in [4.69, 9.17) is 16.3 Å². The van der Waals surface area contributed by atoms with Gasteiger partial charge in [0.15, 0.2) is 0 Å². The molecule has 1 N–H and O–H groups in total. The van der Waals surface area contributed by atoms with Crippen molar-refractivity contribution in [3.8, 4) is 5.88 Å². The molecule has 2 aromatic rings. The average Bonchev–Trinajstić information content (AvgIpc) is 2.91. The van der Waals surface area contributed by atoms with Crippen LogP contribution < -0.4 is 10.1 Å². The molecule has 4 nitrogen and oxygen atoms in total. The van der Waals surface area contributed by atoms with E-state index in [1.54, 1.807) is 18.3 Å². The van der Waals surface area contributed by atoms with Crippen LogP contribution in [0, 0.1) is 0 Å². The lowest BCUT2D eigenvalue weighted by Crippen LogP contribution is -2.32. The fourth-order valence-electron chi connectivity index (χ4n) is 2.36. The summed E-state index contributed by atoms with van der Waals surface area (Å²) in [4.78, 5) is 16.5. The molecule has 1 unspecified atom stereocenters. The molecule has 108 valence electrons. The van der Waals surface area contributed by atoms with Gasteiger partial charge in [-0.3, -0.25) is 4.79 Å². The average molecular weight is 303 g/mol. The van der Waals surface area contributed by atoms with Crippen molar-refractivity contribution in [2.75, 3.05) is 6.61 Å². The zero-order valence-corrected chi connectivity index (χ0v) is 12.3. The van der Waals surface area contributed by atoms with Crippen molar-refractivity contribution < 1.29 is 9.53 Å². The minimum atomic E-state index is -0.247. The summed E-state index contributed by atoms with van der Waals surface area (Å²) >= 11 is 5.87. The number of rotatable bonds is 3. The molecule has 0 spiro atoms. The van der Waals surface area contributed by atoms with Crippen molar-refractivity contribution in [2.45, 2.75) is 18.9 Å². The second-order valence-electron chi connectivity index (χ2n) is 5.04. The first kappa shape index (κ1) is 13.9. The molecule has 0 bridgehead atoms. The van der Waals surface area contributed by atoms with Crippen LogP contribution in [0.3, 0.4) is 0 Å². The van der Waals surface area contributed by atoms with E-state index in [1.165, 1.54) is 0 Å². The van der Waals surface area contributed by atoms with E-state index in [-0.39, 0.29) is 17.9 Å². The molecule has 2 heterocycles. The quantitative estimate of drug-likeness (QED) is 0.948. The number of nitrogens with one attached hydrogen (secondary N) is 1. The fraction of sp³-hybridized carbons (Fsp3) is 0.250. The maximum atomic E-state index is 12.4. The molecular formula is C16H15ClN2O2. The highest BCUT2D eigenvalue weighted by molar-refractivity contribution is 6.30. The number of carbonyl (C=O) groups is 1. The van der Waals surface area contributed by atoms with Crippen LogP contribution in [0.4, 0.5) is 0 Å². The SMILES string of the molecule is CC(C(=O)N[C@H]1COc2ncccc21)c1ccc(Cl)cc1. The molecule has 1 aliphatic heterocycles. The minimum absolute atomic E-state index is 0.0392. The molecular weight excluding hydrogens is 288 g/mol. The lowest BCUT2D eigenvalue weighted by atomic mass is 9.99. The van der Waals surface area contributed by atoms with E-state index < -0.39 is 0 Å². The number of nitrogens with zero attached hydrogens (tertiary/aromatic N) is 1. The van der Waals surface area contributed by atoms with Crippen molar-refractivity contribution in [3.05, 3.63) is 58.7 Å². The number of pyridine rings is 1. The molecule has 1 amide bonds. The lowest BCUT2D eigenvalue weighted by Gasteiger charge is -2.16. The van der Waals surface area contributed by atoms with Crippen LogP contribution in [0.5, 0.6) is 5.88 Å². The summed E-state index contributed by atoms with van der Waals surface area (Å²) in [5.74, 6) is 0.313. The van der Waals surface area contributed by atoms with E-state index in [1.807, 2.05) is 31.2 Å². The predicted octanol–water partition coefficient (Wildman–Crippen LogP) is 3.09. The second-order valence-corrected chi connectivity index (χ2v) is 5.48. The summed E-state index contributed by atoms with van der Waals surface area (Å²) in [6.45, 7) is 2.30. The molecule has 0 radical (unpaired) electrons. The first-order chi connectivity index (χ1) is 10.1. The summed E-state index contributed by atoms with van der Waals surface area (Å²) in [5.41, 5.74) is 1.86. The van der Waals surface area contributed by atoms with Gasteiger partial charge in [0.25, 0.3) is 0 Å². The molecule has 0 aliphatic carbocycles. The van der Waals surface area contributed by atoms with E-state index in [0.717, 1.165) is 11.1 Å². The Labute approximate surface area is 128 Å². The van der Waals surface area contributed by atoms with Gasteiger partial charge >= 0.3 is 0 Å². The Kier molecular flexibility index (Phi) is 3.80. The zero-order chi connectivity index (χ0) is 14.8. The number of carbonyl (C=O) groups excluding carboxylic acids is 1. The molecule has 21 heavy (non-hydrogen) atoms. The van der Waals surface area contributed by atoms with Crippen LogP contribution in [0.25, 0.3) is 0 Å². The van der Waals surface area contributed by atoms with Crippen LogP contribution in [0.15, 0.2) is 42.6 Å². The van der Waals surface area contributed by atoms with Gasteiger partial charge in [0.05, 0.1) is 12.0 Å². The number of aromatic nitrogens is 1. The summed E-state index contributed by atoms with van der Waals surface area (Å²) < 4.78 is 5.47. The summed E-state index contributed by atoms with van der Waals surface area (Å²) in [7, 11) is 0. The first-order valence-electron chi connectivity index (χ1n) is 6.78. The van der Waals surface area contributed by atoms with Crippen LogP contribution in [0.2, 0.25) is 5.02 Å². The largest absolute Gasteiger partial charge is 0.475 e. The molecule has 1 aromatic carbocycles. The molecule has 5 heteroatoms. The number of hydrogen-bond donors (Lipinski definition) is 1. The third-order valence-corrected chi connectivity index (χ3v) is 3.89. The van der Waals surface area contributed by atoms with Gasteiger partial charge in [-0.25, -0.2) is 4.98 Å². The Bertz CT molecular complexity index is 658. The maximum Gasteiger partial charge on any atom is 0.227 e. The molecule has 0 fully saturated rings. The topological polar surface area (TPSA) is 51.2 Å². The van der Waals surface area contributed by atoms with E-state index in [9.17, 15) is 4.79 Å². The van der Waals surface area contributed by atoms with Gasteiger partial charge in [0.1, 0.15) is 6.61 Å². The zero-order valence-electron chi connectivity index (χ0n) is 11.5. The molecule has 0 saturated heterocycles. The first-order valence-corrected chi connectivity index (χ1v) is 7.16. The monoisotopic (exact) mass is 302 g/mol. The number of amides is 1. The van der Waals surface area contributed by atoms with Gasteiger partial charge in [-0.15, -0.1) is 0 Å². The second kappa shape index (κ2) is 5.74. The standard InChI is InChI=1S/C16H15ClN2O2/c1-10(11-4-6-12(17)7-5-11)15(20)19-14-9-21-16-13(14)3-2-8-18-16/h2-8,10,14H,9H2,1H3,(H,19,20)/t10?,14-/m0/s1. The van der Waals surface area contributed by atoms with E-state index in [0.29, 0.717) is 17.5 Å². The van der Waals surface area contributed by atoms with Gasteiger partial charge in [0, 0.05) is 16.8 Å². The minimum Gasteiger partial charge on any atom is -0.475 e. The van der Waals surface area contributed by atoms with Gasteiger partial charge in [-0.2, -0.15) is 0 Å². The Morgan fingerprint density at radius 1 is 1.38 bits per heavy atom. The highest BCUT2D eigenvalue weighted by atomic mass is 35.5. The van der Waals surface area contributed by atoms with Gasteiger partial charge in [0.2, 0.25) is 11.8 Å². The van der Waals surface area contributed by atoms with Gasteiger partial charge in [-0.1, -0.05) is 23.7 Å². The lowest BCUT2D eigenvalue weighted by molar-refractivity contribution is -0.123. The maximum absolute atomic E-state index is 12.4. The molecule has 0 saturated carbocycles. The van der Waals surface area contributed by atoms with Gasteiger partial charge < -0.3 is 10.1 Å². The summed E-state index contributed by atoms with van der Waals surface area (Å²) in [5, 5.41) is 3.67. The van der Waals surface area contributed by atoms with Crippen LogP contribution in [-0.4, -0.2) is 17.5 Å². The predicted molar refractivity (Wildman–Crippen MR) is 80.5 cm³/mol. The van der Waals surface area contributed by atoms with E-state index >= 15 is 0 Å². The Morgan fingerprint density at radius 3 is 2.90 bits per heavy atom. The number of halogens is 1. The third-order valence-electron chi connectivity index (χ3n) is 3.64. The normalized spacial score (nSPS) is 17.7. The van der Waals surface area contributed by atoms with Crippen molar-refractivity contribution in [2.24, 2.45) is 0 Å². The van der Waals surface area contributed by atoms with Crippen LogP contribution >= 0.6 is 11.6 Å². The smallest absolute Gasteiger partial charge is 0.227 e. The van der Waals surface area contributed by atoms with Crippen molar-refractivity contribution in [1.82, 2.24) is 10.3 Å². The number of hydrogen-bond acceptors (Lipinski definition) is 3. The molecule has 1 aromatic heterocycles. The molecule has 1 aliphatic rings. The van der Waals surface area contributed by atoms with Crippen molar-refractivity contribution >= 4 is 17.5 Å². The number of fused-ring (bicyclic) bond motifs is 1. The van der Waals surface area contributed by atoms with Crippen molar-refractivity contribution in [3.63, 3.8) is 0 Å². The number of benzene rings is 1. The fourth-order valence-corrected chi connectivity index (χ4v) is 2.49. The van der Waals surface area contributed by atoms with E-state index in [2.05, 4.69) is 10.3 Å². The molecule has 2 atom stereocenters. The number of ether oxygens (including phenoxy) is 1. The van der Waals surface area contributed by atoms with Crippen LogP contribution in [-0.2, 0) is 4.79 Å². The highest BCUT2D eigenvalue weighted by Gasteiger charge is 2.28. The van der Waals surface area contributed by atoms with Gasteiger partial charge in [-0.05, 0) is 36.8 Å². The van der Waals surface area contributed by atoms with Crippen molar-refractivity contribution in [1.29, 1.82) is 0 Å². The Balaban J connectivity index is 1.71. The summed E-state index contributed by atoms with van der Waals surface area (Å²) in [6.07, 6.45) is 1.68. The summed E-state index contributed by atoms with van der Waals surface area (Å²) in [6, 6.07) is 10.9.